The van der Waals surface area contributed by atoms with Crippen molar-refractivity contribution in [3.05, 3.63) is 44.8 Å². The van der Waals surface area contributed by atoms with Crippen LogP contribution in [0.5, 0.6) is 0 Å². The third-order valence-electron chi connectivity index (χ3n) is 4.79. The topological polar surface area (TPSA) is 137 Å². The van der Waals surface area contributed by atoms with Gasteiger partial charge < -0.3 is 20.5 Å². The minimum absolute atomic E-state index is 0.0422. The van der Waals surface area contributed by atoms with Crippen molar-refractivity contribution in [2.24, 2.45) is 11.1 Å². The fraction of sp³-hybridized carbons (Fsp3) is 0.476. The van der Waals surface area contributed by atoms with E-state index in [1.807, 2.05) is 13.8 Å². The summed E-state index contributed by atoms with van der Waals surface area (Å²) in [5.74, 6) is -1.79. The van der Waals surface area contributed by atoms with Gasteiger partial charge in [0.2, 0.25) is 11.8 Å². The lowest BCUT2D eigenvalue weighted by Gasteiger charge is -2.24. The molecule has 2 unspecified atom stereocenters. The number of benzene rings is 1. The van der Waals surface area contributed by atoms with Gasteiger partial charge in [-0.2, -0.15) is 4.91 Å². The van der Waals surface area contributed by atoms with Crippen molar-refractivity contribution in [3.63, 3.8) is 0 Å². The molecule has 3 atom stereocenters. The van der Waals surface area contributed by atoms with Crippen LogP contribution in [0.3, 0.4) is 0 Å². The molecule has 32 heavy (non-hydrogen) atoms. The van der Waals surface area contributed by atoms with E-state index in [2.05, 4.69) is 15.8 Å². The van der Waals surface area contributed by atoms with Crippen LogP contribution in [-0.4, -0.2) is 60.1 Å². The van der Waals surface area contributed by atoms with Gasteiger partial charge in [0.25, 0.3) is 0 Å². The van der Waals surface area contributed by atoms with Gasteiger partial charge in [-0.15, -0.1) is 0 Å². The number of nitrogens with one attached hydrogen (secondary N) is 2. The van der Waals surface area contributed by atoms with Crippen molar-refractivity contribution >= 4 is 46.9 Å². The highest BCUT2D eigenvalue weighted by Crippen LogP contribution is 2.31. The lowest BCUT2D eigenvalue weighted by molar-refractivity contribution is -0.133. The first-order valence-electron chi connectivity index (χ1n) is 9.94. The van der Waals surface area contributed by atoms with E-state index < -0.39 is 41.9 Å². The molecule has 1 heterocycles. The zero-order chi connectivity index (χ0) is 23.9. The number of ketones is 1. The number of halogens is 2. The lowest BCUT2D eigenvalue weighted by atomic mass is 9.92. The van der Waals surface area contributed by atoms with Gasteiger partial charge in [0.1, 0.15) is 12.6 Å². The summed E-state index contributed by atoms with van der Waals surface area (Å²) in [5.41, 5.74) is -0.699. The predicted octanol–water partition coefficient (Wildman–Crippen LogP) is 2.12. The monoisotopic (exact) mass is 485 g/mol. The second kappa shape index (κ2) is 11.5. The molecule has 1 aliphatic rings. The minimum Gasteiger partial charge on any atom is -0.394 e. The summed E-state index contributed by atoms with van der Waals surface area (Å²) in [7, 11) is 0. The molecule has 0 aromatic heterocycles. The Bertz CT molecular complexity index is 902. The molecule has 174 valence electrons. The molecule has 3 N–H and O–H groups in total. The van der Waals surface area contributed by atoms with Crippen LogP contribution in [-0.2, 0) is 19.1 Å². The number of rotatable bonds is 12. The SMILES string of the molecule is CC(C)CC(NC(=O)[C@H](CO)NC(=O)/C=C/c1ccc(Cl)c(Cl)c1)C(=O)C1(CN=O)CO1. The van der Waals surface area contributed by atoms with Crippen LogP contribution in [0.2, 0.25) is 10.0 Å². The summed E-state index contributed by atoms with van der Waals surface area (Å²) in [6.45, 7) is 2.77. The first-order chi connectivity index (χ1) is 15.1. The second-order valence-electron chi connectivity index (χ2n) is 7.88. The van der Waals surface area contributed by atoms with E-state index in [-0.39, 0.29) is 25.5 Å². The predicted molar refractivity (Wildman–Crippen MR) is 120 cm³/mol. The van der Waals surface area contributed by atoms with E-state index >= 15 is 0 Å². The summed E-state index contributed by atoms with van der Waals surface area (Å²) in [6.07, 6.45) is 2.93. The zero-order valence-electron chi connectivity index (χ0n) is 17.6. The number of hydrogen-bond acceptors (Lipinski definition) is 7. The van der Waals surface area contributed by atoms with E-state index in [0.717, 1.165) is 0 Å². The number of nitrogens with zero attached hydrogens (tertiary/aromatic N) is 1. The van der Waals surface area contributed by atoms with Crippen LogP contribution in [0.4, 0.5) is 0 Å². The number of carbonyl (C=O) groups excluding carboxylic acids is 3. The van der Waals surface area contributed by atoms with Crippen molar-refractivity contribution in [3.8, 4) is 0 Å². The lowest BCUT2D eigenvalue weighted by Crippen LogP contribution is -2.55. The van der Waals surface area contributed by atoms with E-state index in [9.17, 15) is 24.4 Å². The van der Waals surface area contributed by atoms with Crippen LogP contribution >= 0.6 is 23.2 Å². The smallest absolute Gasteiger partial charge is 0.245 e. The fourth-order valence-corrected chi connectivity index (χ4v) is 3.30. The van der Waals surface area contributed by atoms with Crippen LogP contribution in [0, 0.1) is 10.8 Å². The number of Topliss-reactive ketones (excluding diaryl/α,β-unsaturated/α-hetero) is 1. The third-order valence-corrected chi connectivity index (χ3v) is 5.53. The Labute approximate surface area is 195 Å². The number of carbonyl (C=O) groups is 3. The van der Waals surface area contributed by atoms with E-state index in [0.29, 0.717) is 15.6 Å². The first kappa shape index (κ1) is 25.9. The number of hydrogen-bond donors (Lipinski definition) is 3. The molecule has 1 saturated heterocycles. The van der Waals surface area contributed by atoms with Gasteiger partial charge in [-0.05, 0) is 36.1 Å². The van der Waals surface area contributed by atoms with Crippen molar-refractivity contribution in [2.75, 3.05) is 19.8 Å². The summed E-state index contributed by atoms with van der Waals surface area (Å²) in [5, 5.41) is 18.0. The van der Waals surface area contributed by atoms with Gasteiger partial charge >= 0.3 is 0 Å². The first-order valence-corrected chi connectivity index (χ1v) is 10.7. The molecule has 2 rings (SSSR count). The third kappa shape index (κ3) is 7.09. The number of ether oxygens (including phenoxy) is 1. The Hall–Kier alpha value is -2.33. The normalized spacial score (nSPS) is 19.4. The molecule has 0 aliphatic carbocycles. The molecule has 0 bridgehead atoms. The zero-order valence-corrected chi connectivity index (χ0v) is 19.2. The standard InChI is InChI=1S/C21H25Cl2N3O6/c1-12(2)7-16(19(29)21(10-24-31)11-32-21)26-20(30)17(9-27)25-18(28)6-4-13-3-5-14(22)15(23)8-13/h3-6,8,12,16-17,27H,7,9-11H2,1-2H3,(H,25,28)(H,26,30)/b6-4+/t16?,17-,21?/m0/s1. The summed E-state index contributed by atoms with van der Waals surface area (Å²) in [4.78, 5) is 48.3. The van der Waals surface area contributed by atoms with Crippen LogP contribution in [0.25, 0.3) is 6.08 Å². The molecule has 1 fully saturated rings. The molecule has 2 amide bonds. The summed E-state index contributed by atoms with van der Waals surface area (Å²) in [6, 6.07) is 2.55. The molecule has 0 radical (unpaired) electrons. The quantitative estimate of drug-likeness (QED) is 0.235. The highest BCUT2D eigenvalue weighted by Gasteiger charge is 2.55. The average molecular weight is 486 g/mol. The second-order valence-corrected chi connectivity index (χ2v) is 8.69. The maximum atomic E-state index is 12.8. The number of epoxide rings is 1. The van der Waals surface area contributed by atoms with Gasteiger partial charge in [-0.1, -0.05) is 48.3 Å². The van der Waals surface area contributed by atoms with E-state index in [1.165, 1.54) is 12.2 Å². The number of nitroso groups, excluding NO2 is 1. The number of aliphatic hydroxyl groups is 1. The molecule has 1 aromatic rings. The number of amides is 2. The minimum atomic E-state index is -1.31. The maximum Gasteiger partial charge on any atom is 0.245 e. The summed E-state index contributed by atoms with van der Waals surface area (Å²) >= 11 is 11.8. The largest absolute Gasteiger partial charge is 0.394 e. The van der Waals surface area contributed by atoms with E-state index in [4.69, 9.17) is 27.9 Å². The van der Waals surface area contributed by atoms with Gasteiger partial charge in [0.05, 0.1) is 29.3 Å². The van der Waals surface area contributed by atoms with Crippen molar-refractivity contribution in [1.29, 1.82) is 0 Å². The Morgan fingerprint density at radius 2 is 1.91 bits per heavy atom. The van der Waals surface area contributed by atoms with Crippen LogP contribution in [0.1, 0.15) is 25.8 Å². The average Bonchev–Trinajstić information content (AvgIpc) is 3.52. The highest BCUT2D eigenvalue weighted by atomic mass is 35.5. The maximum absolute atomic E-state index is 12.8. The molecule has 0 saturated carbocycles. The van der Waals surface area contributed by atoms with E-state index in [1.54, 1.807) is 18.2 Å². The van der Waals surface area contributed by atoms with Crippen molar-refractivity contribution < 1.29 is 24.2 Å². The molecule has 1 aromatic carbocycles. The molecule has 0 spiro atoms. The Kier molecular flexibility index (Phi) is 9.33. The molecule has 1 aliphatic heterocycles. The summed E-state index contributed by atoms with van der Waals surface area (Å²) < 4.78 is 5.14. The molecular weight excluding hydrogens is 461 g/mol. The highest BCUT2D eigenvalue weighted by molar-refractivity contribution is 6.42. The Balaban J connectivity index is 2.03. The van der Waals surface area contributed by atoms with Gasteiger partial charge in [0.15, 0.2) is 11.4 Å². The van der Waals surface area contributed by atoms with Crippen molar-refractivity contribution in [2.45, 2.75) is 38.0 Å². The molecule has 11 heteroatoms. The molecule has 9 nitrogen and oxygen atoms in total. The Morgan fingerprint density at radius 3 is 2.44 bits per heavy atom. The van der Waals surface area contributed by atoms with Gasteiger partial charge in [-0.3, -0.25) is 14.4 Å². The van der Waals surface area contributed by atoms with Gasteiger partial charge in [-0.25, -0.2) is 0 Å². The van der Waals surface area contributed by atoms with Crippen molar-refractivity contribution in [1.82, 2.24) is 10.6 Å². The number of aliphatic hydroxyl groups excluding tert-OH is 1. The Morgan fingerprint density at radius 1 is 1.22 bits per heavy atom. The molecular formula is C21H25Cl2N3O6. The van der Waals surface area contributed by atoms with Crippen LogP contribution < -0.4 is 10.6 Å². The van der Waals surface area contributed by atoms with Crippen LogP contribution in [0.15, 0.2) is 29.5 Å². The fourth-order valence-electron chi connectivity index (χ4n) is 3.00. The van der Waals surface area contributed by atoms with Gasteiger partial charge in [0, 0.05) is 6.08 Å².